The van der Waals surface area contributed by atoms with Crippen molar-refractivity contribution >= 4 is 17.5 Å². The van der Waals surface area contributed by atoms with Crippen LogP contribution in [0.4, 0.5) is 19.0 Å². The Kier molecular flexibility index (Phi) is 10.1. The molecule has 1 aromatic carbocycles. The molecule has 3 aromatic rings. The largest absolute Gasteiger partial charge is 0.573 e. The third-order valence-electron chi connectivity index (χ3n) is 5.84. The predicted octanol–water partition coefficient (Wildman–Crippen LogP) is 4.15. The van der Waals surface area contributed by atoms with Crippen molar-refractivity contribution in [3.05, 3.63) is 59.5 Å². The number of aryl methyl sites for hydroxylation is 2. The van der Waals surface area contributed by atoms with Crippen molar-refractivity contribution in [2.24, 2.45) is 5.41 Å². The van der Waals surface area contributed by atoms with Gasteiger partial charge in [0.15, 0.2) is 11.6 Å². The van der Waals surface area contributed by atoms with E-state index in [9.17, 15) is 27.9 Å². The zero-order valence-corrected chi connectivity index (χ0v) is 21.7. The minimum atomic E-state index is -4.81. The molecular formula is C26H31F3N6O4. The van der Waals surface area contributed by atoms with Crippen LogP contribution in [0.25, 0.3) is 0 Å². The average molecular weight is 549 g/mol. The highest BCUT2D eigenvalue weighted by Crippen LogP contribution is 2.24. The van der Waals surface area contributed by atoms with E-state index in [-0.39, 0.29) is 30.0 Å². The fraction of sp³-hybridized carbons (Fsp3) is 0.462. The number of rotatable bonds is 14. The van der Waals surface area contributed by atoms with Gasteiger partial charge in [-0.2, -0.15) is 5.10 Å². The van der Waals surface area contributed by atoms with E-state index in [1.165, 1.54) is 12.1 Å². The molecule has 0 spiro atoms. The van der Waals surface area contributed by atoms with Crippen LogP contribution in [0.3, 0.4) is 0 Å². The number of amides is 1. The van der Waals surface area contributed by atoms with E-state index in [1.807, 2.05) is 13.8 Å². The fourth-order valence-corrected chi connectivity index (χ4v) is 3.56. The number of aliphatic hydroxyl groups excluding tert-OH is 1. The Balaban J connectivity index is 1.39. The molecule has 13 heteroatoms. The molecule has 0 bridgehead atoms. The predicted molar refractivity (Wildman–Crippen MR) is 135 cm³/mol. The summed E-state index contributed by atoms with van der Waals surface area (Å²) in [6.07, 6.45) is -0.281. The summed E-state index contributed by atoms with van der Waals surface area (Å²) in [5.74, 6) is -0.722. The van der Waals surface area contributed by atoms with E-state index in [0.717, 1.165) is 30.7 Å². The number of aliphatic hydroxyl groups is 1. The van der Waals surface area contributed by atoms with Gasteiger partial charge in [-0.25, -0.2) is 0 Å². The topological polar surface area (TPSA) is 132 Å². The first-order valence-electron chi connectivity index (χ1n) is 12.4. The first-order valence-corrected chi connectivity index (χ1v) is 12.4. The summed E-state index contributed by atoms with van der Waals surface area (Å²) in [7, 11) is 0. The molecule has 2 heterocycles. The van der Waals surface area contributed by atoms with Crippen LogP contribution < -0.4 is 10.1 Å². The van der Waals surface area contributed by atoms with E-state index in [4.69, 9.17) is 0 Å². The van der Waals surface area contributed by atoms with Crippen molar-refractivity contribution in [1.29, 1.82) is 0 Å². The molecule has 0 saturated heterocycles. The lowest BCUT2D eigenvalue weighted by molar-refractivity contribution is -0.274. The summed E-state index contributed by atoms with van der Waals surface area (Å²) in [4.78, 5) is 24.6. The molecule has 0 radical (unpaired) electrons. The van der Waals surface area contributed by atoms with Crippen LogP contribution in [0, 0.1) is 5.41 Å². The molecule has 0 saturated carbocycles. The van der Waals surface area contributed by atoms with Gasteiger partial charge in [-0.05, 0) is 60.9 Å². The van der Waals surface area contributed by atoms with Gasteiger partial charge in [-0.15, -0.1) is 23.4 Å². The summed E-state index contributed by atoms with van der Waals surface area (Å²) >= 11 is 0. The molecule has 39 heavy (non-hydrogen) atoms. The number of alkyl halides is 3. The number of hydrogen-bond donors (Lipinski definition) is 2. The second-order valence-corrected chi connectivity index (χ2v) is 9.90. The number of carbonyl (C=O) groups excluding carboxylic acids is 2. The Morgan fingerprint density at radius 1 is 1.08 bits per heavy atom. The Morgan fingerprint density at radius 2 is 1.87 bits per heavy atom. The van der Waals surface area contributed by atoms with E-state index < -0.39 is 18.0 Å². The zero-order valence-electron chi connectivity index (χ0n) is 21.7. The molecule has 1 amide bonds. The molecule has 2 aromatic heterocycles. The minimum absolute atomic E-state index is 0.0108. The SMILES string of the molecule is CC(C)(CO)CCC(=O)c1cn(CCCCc2ccc(NC(=O)Cc3cccc(OC(F)(F)F)c3)nn2)nn1. The second-order valence-electron chi connectivity index (χ2n) is 9.90. The first-order chi connectivity index (χ1) is 18.4. The first kappa shape index (κ1) is 29.7. The monoisotopic (exact) mass is 548 g/mol. The Labute approximate surface area is 223 Å². The van der Waals surface area contributed by atoms with Gasteiger partial charge in [0.05, 0.1) is 18.3 Å². The quantitative estimate of drug-likeness (QED) is 0.227. The van der Waals surface area contributed by atoms with Gasteiger partial charge in [0.1, 0.15) is 11.4 Å². The Bertz CT molecular complexity index is 1240. The van der Waals surface area contributed by atoms with Crippen molar-refractivity contribution in [1.82, 2.24) is 25.2 Å². The summed E-state index contributed by atoms with van der Waals surface area (Å²) in [5.41, 5.74) is 1.08. The fourth-order valence-electron chi connectivity index (χ4n) is 3.56. The number of nitrogens with zero attached hydrogens (tertiary/aromatic N) is 5. The number of ether oxygens (including phenoxy) is 1. The van der Waals surface area contributed by atoms with Crippen LogP contribution in [0.5, 0.6) is 5.75 Å². The van der Waals surface area contributed by atoms with Crippen molar-refractivity contribution in [3.8, 4) is 5.75 Å². The molecular weight excluding hydrogens is 517 g/mol. The van der Waals surface area contributed by atoms with E-state index in [1.54, 1.807) is 23.0 Å². The van der Waals surface area contributed by atoms with Gasteiger partial charge in [0.25, 0.3) is 0 Å². The third kappa shape index (κ3) is 10.4. The van der Waals surface area contributed by atoms with Gasteiger partial charge < -0.3 is 15.2 Å². The average Bonchev–Trinajstić information content (AvgIpc) is 3.34. The number of benzene rings is 1. The number of unbranched alkanes of at least 4 members (excludes halogenated alkanes) is 1. The van der Waals surface area contributed by atoms with E-state index >= 15 is 0 Å². The molecule has 0 atom stereocenters. The molecule has 2 N–H and O–H groups in total. The number of anilines is 1. The maximum absolute atomic E-state index is 12.4. The number of ketones is 1. The number of halogens is 3. The smallest absolute Gasteiger partial charge is 0.406 e. The van der Waals surface area contributed by atoms with Gasteiger partial charge in [0.2, 0.25) is 5.91 Å². The summed E-state index contributed by atoms with van der Waals surface area (Å²) in [6, 6.07) is 8.56. The van der Waals surface area contributed by atoms with Crippen LogP contribution in [-0.4, -0.2) is 55.0 Å². The van der Waals surface area contributed by atoms with Crippen LogP contribution in [0.1, 0.15) is 61.3 Å². The lowest BCUT2D eigenvalue weighted by Crippen LogP contribution is -2.18. The maximum Gasteiger partial charge on any atom is 0.573 e. The summed E-state index contributed by atoms with van der Waals surface area (Å²) < 4.78 is 42.6. The van der Waals surface area contributed by atoms with Crippen molar-refractivity contribution in [3.63, 3.8) is 0 Å². The number of aromatic nitrogens is 5. The molecule has 210 valence electrons. The molecule has 0 unspecified atom stereocenters. The van der Waals surface area contributed by atoms with E-state index in [2.05, 4.69) is 30.6 Å². The van der Waals surface area contributed by atoms with Gasteiger partial charge in [-0.3, -0.25) is 14.3 Å². The standard InChI is InChI=1S/C26H31F3N6O4/c1-25(2,17-36)12-11-22(37)21-16-35(34-32-21)13-4-3-7-19-9-10-23(33-31-19)30-24(38)15-18-6-5-8-20(14-18)39-26(27,28)29/h5-6,8-10,14,16,36H,3-4,7,11-13,15,17H2,1-2H3,(H,30,33,38). The van der Waals surface area contributed by atoms with Gasteiger partial charge in [0, 0.05) is 19.6 Å². The Hall–Kier alpha value is -3.87. The van der Waals surface area contributed by atoms with Crippen molar-refractivity contribution in [2.75, 3.05) is 11.9 Å². The van der Waals surface area contributed by atoms with E-state index in [0.29, 0.717) is 37.1 Å². The molecule has 0 aliphatic heterocycles. The second kappa shape index (κ2) is 13.3. The normalized spacial score (nSPS) is 11.8. The van der Waals surface area contributed by atoms with Crippen molar-refractivity contribution in [2.45, 2.75) is 65.3 Å². The lowest BCUT2D eigenvalue weighted by Gasteiger charge is -2.20. The lowest BCUT2D eigenvalue weighted by atomic mass is 9.88. The van der Waals surface area contributed by atoms with Gasteiger partial charge in [-0.1, -0.05) is 31.2 Å². The molecule has 0 fully saturated rings. The van der Waals surface area contributed by atoms with Crippen molar-refractivity contribution < 1.29 is 32.6 Å². The highest BCUT2D eigenvalue weighted by molar-refractivity contribution is 5.93. The molecule has 0 aliphatic rings. The highest BCUT2D eigenvalue weighted by Gasteiger charge is 2.31. The summed E-state index contributed by atoms with van der Waals surface area (Å²) in [5, 5.41) is 27.9. The number of Topliss-reactive ketones (excluding diaryl/α,β-unsaturated/α-hetero) is 1. The molecule has 0 aliphatic carbocycles. The van der Waals surface area contributed by atoms with Gasteiger partial charge >= 0.3 is 6.36 Å². The Morgan fingerprint density at radius 3 is 2.56 bits per heavy atom. The summed E-state index contributed by atoms with van der Waals surface area (Å²) in [6.45, 7) is 4.39. The van der Waals surface area contributed by atoms with Crippen LogP contribution >= 0.6 is 0 Å². The third-order valence-corrected chi connectivity index (χ3v) is 5.84. The molecule has 3 rings (SSSR count). The maximum atomic E-state index is 12.4. The molecule has 10 nitrogen and oxygen atoms in total. The number of hydrogen-bond acceptors (Lipinski definition) is 8. The minimum Gasteiger partial charge on any atom is -0.406 e. The van der Waals surface area contributed by atoms with Crippen LogP contribution in [0.15, 0.2) is 42.6 Å². The zero-order chi connectivity index (χ0) is 28.5. The van der Waals surface area contributed by atoms with Crippen LogP contribution in [-0.2, 0) is 24.2 Å². The number of nitrogens with one attached hydrogen (secondary N) is 1. The highest BCUT2D eigenvalue weighted by atomic mass is 19.4. The van der Waals surface area contributed by atoms with Crippen LogP contribution in [0.2, 0.25) is 0 Å². The number of carbonyl (C=O) groups is 2.